The number of carbonyl (C=O) groups excluding carboxylic acids is 1. The zero-order chi connectivity index (χ0) is 21.5. The van der Waals surface area contributed by atoms with E-state index in [1.54, 1.807) is 53.7 Å². The van der Waals surface area contributed by atoms with Crippen molar-refractivity contribution in [2.24, 2.45) is 0 Å². The summed E-state index contributed by atoms with van der Waals surface area (Å²) in [5, 5.41) is 12.4. The number of anilines is 3. The normalized spacial score (nSPS) is 10.3. The van der Waals surface area contributed by atoms with Gasteiger partial charge >= 0.3 is 6.09 Å². The van der Waals surface area contributed by atoms with Gasteiger partial charge in [0.1, 0.15) is 5.82 Å². The number of hydrogen-bond donors (Lipinski definition) is 2. The van der Waals surface area contributed by atoms with Crippen LogP contribution in [0.4, 0.5) is 22.0 Å². The molecule has 2 N–H and O–H groups in total. The minimum absolute atomic E-state index is 0.278. The van der Waals surface area contributed by atoms with Crippen molar-refractivity contribution >= 4 is 29.2 Å². The van der Waals surface area contributed by atoms with E-state index in [0.29, 0.717) is 29.2 Å². The SMILES string of the molecule is CN(C)c1ncccc1C(=O)Nc1ccc(N(CCc2ccccn2)C(=O)O)cc1. The lowest BCUT2D eigenvalue weighted by Crippen LogP contribution is -2.31. The molecule has 0 atom stereocenters. The number of pyridine rings is 2. The zero-order valence-electron chi connectivity index (χ0n) is 16.8. The van der Waals surface area contributed by atoms with Crippen molar-refractivity contribution in [2.45, 2.75) is 6.42 Å². The summed E-state index contributed by atoms with van der Waals surface area (Å²) in [6.07, 6.45) is 2.77. The van der Waals surface area contributed by atoms with E-state index in [1.165, 1.54) is 4.90 Å². The summed E-state index contributed by atoms with van der Waals surface area (Å²) < 4.78 is 0. The Morgan fingerprint density at radius 3 is 2.33 bits per heavy atom. The van der Waals surface area contributed by atoms with Crippen LogP contribution in [-0.4, -0.2) is 47.7 Å². The van der Waals surface area contributed by atoms with Crippen LogP contribution in [0, 0.1) is 0 Å². The Bertz CT molecular complexity index is 1010. The molecule has 0 unspecified atom stereocenters. The molecule has 8 nitrogen and oxygen atoms in total. The molecule has 0 aliphatic heterocycles. The molecule has 2 aromatic heterocycles. The fraction of sp³-hybridized carbons (Fsp3) is 0.182. The van der Waals surface area contributed by atoms with Crippen molar-refractivity contribution in [3.8, 4) is 0 Å². The number of hydrogen-bond acceptors (Lipinski definition) is 5. The van der Waals surface area contributed by atoms with Gasteiger partial charge in [-0.3, -0.25) is 14.7 Å². The summed E-state index contributed by atoms with van der Waals surface area (Å²) in [7, 11) is 3.64. The van der Waals surface area contributed by atoms with E-state index in [1.807, 2.05) is 32.3 Å². The number of rotatable bonds is 7. The van der Waals surface area contributed by atoms with Crippen LogP contribution in [0.3, 0.4) is 0 Å². The predicted molar refractivity (Wildman–Crippen MR) is 116 cm³/mol. The van der Waals surface area contributed by atoms with Gasteiger partial charge in [-0.05, 0) is 48.5 Å². The van der Waals surface area contributed by atoms with Gasteiger partial charge in [0.25, 0.3) is 5.91 Å². The van der Waals surface area contributed by atoms with E-state index in [4.69, 9.17) is 0 Å². The number of nitrogens with zero attached hydrogens (tertiary/aromatic N) is 4. The van der Waals surface area contributed by atoms with Crippen LogP contribution in [-0.2, 0) is 6.42 Å². The maximum atomic E-state index is 12.6. The fourth-order valence-corrected chi connectivity index (χ4v) is 2.96. The van der Waals surface area contributed by atoms with Gasteiger partial charge in [-0.25, -0.2) is 9.78 Å². The van der Waals surface area contributed by atoms with Gasteiger partial charge in [-0.15, -0.1) is 0 Å². The van der Waals surface area contributed by atoms with Crippen LogP contribution in [0.25, 0.3) is 0 Å². The molecule has 8 heteroatoms. The van der Waals surface area contributed by atoms with Crippen LogP contribution in [0.5, 0.6) is 0 Å². The first-order valence-corrected chi connectivity index (χ1v) is 9.40. The number of nitrogens with one attached hydrogen (secondary N) is 1. The number of amides is 2. The van der Waals surface area contributed by atoms with Crippen LogP contribution in [0.15, 0.2) is 67.0 Å². The minimum atomic E-state index is -1.05. The second-order valence-corrected chi connectivity index (χ2v) is 6.78. The molecular formula is C22H23N5O3. The molecule has 0 radical (unpaired) electrons. The lowest BCUT2D eigenvalue weighted by molar-refractivity contribution is 0.102. The summed E-state index contributed by atoms with van der Waals surface area (Å²) in [5.41, 5.74) is 2.36. The Hall–Kier alpha value is -3.94. The first-order chi connectivity index (χ1) is 14.5. The average Bonchev–Trinajstić information content (AvgIpc) is 2.75. The maximum absolute atomic E-state index is 12.6. The van der Waals surface area contributed by atoms with Crippen molar-refractivity contribution in [3.63, 3.8) is 0 Å². The Balaban J connectivity index is 1.70. The first-order valence-electron chi connectivity index (χ1n) is 9.40. The van der Waals surface area contributed by atoms with E-state index in [9.17, 15) is 14.7 Å². The molecule has 0 aliphatic rings. The fourth-order valence-electron chi connectivity index (χ4n) is 2.96. The lowest BCUT2D eigenvalue weighted by Gasteiger charge is -2.20. The Morgan fingerprint density at radius 1 is 0.967 bits per heavy atom. The third kappa shape index (κ3) is 5.11. The predicted octanol–water partition coefficient (Wildman–Crippen LogP) is 3.52. The molecule has 30 heavy (non-hydrogen) atoms. The van der Waals surface area contributed by atoms with Crippen molar-refractivity contribution in [1.82, 2.24) is 9.97 Å². The highest BCUT2D eigenvalue weighted by atomic mass is 16.4. The van der Waals surface area contributed by atoms with Gasteiger partial charge in [0, 0.05) is 56.5 Å². The van der Waals surface area contributed by atoms with E-state index >= 15 is 0 Å². The summed E-state index contributed by atoms with van der Waals surface area (Å²) in [4.78, 5) is 35.8. The Labute approximate surface area is 174 Å². The smallest absolute Gasteiger partial charge is 0.411 e. The molecule has 0 spiro atoms. The van der Waals surface area contributed by atoms with E-state index in [0.717, 1.165) is 5.69 Å². The summed E-state index contributed by atoms with van der Waals surface area (Å²) in [5.74, 6) is 0.281. The van der Waals surface area contributed by atoms with E-state index in [-0.39, 0.29) is 12.5 Å². The minimum Gasteiger partial charge on any atom is -0.465 e. The van der Waals surface area contributed by atoms with Gasteiger partial charge in [0.2, 0.25) is 0 Å². The van der Waals surface area contributed by atoms with E-state index < -0.39 is 6.09 Å². The molecule has 1 aromatic carbocycles. The molecule has 0 aliphatic carbocycles. The Morgan fingerprint density at radius 2 is 1.70 bits per heavy atom. The van der Waals surface area contributed by atoms with Crippen LogP contribution >= 0.6 is 0 Å². The number of benzene rings is 1. The number of carbonyl (C=O) groups is 2. The van der Waals surface area contributed by atoms with Gasteiger partial charge in [0.15, 0.2) is 0 Å². The molecule has 0 saturated heterocycles. The van der Waals surface area contributed by atoms with Crippen molar-refractivity contribution in [3.05, 3.63) is 78.2 Å². The monoisotopic (exact) mass is 405 g/mol. The topological polar surface area (TPSA) is 98.7 Å². The average molecular weight is 405 g/mol. The maximum Gasteiger partial charge on any atom is 0.411 e. The highest BCUT2D eigenvalue weighted by Crippen LogP contribution is 2.21. The van der Waals surface area contributed by atoms with Crippen molar-refractivity contribution in [1.29, 1.82) is 0 Å². The molecule has 0 bridgehead atoms. The lowest BCUT2D eigenvalue weighted by atomic mass is 10.2. The van der Waals surface area contributed by atoms with Crippen molar-refractivity contribution in [2.75, 3.05) is 35.8 Å². The van der Waals surface area contributed by atoms with Crippen molar-refractivity contribution < 1.29 is 14.7 Å². The summed E-state index contributed by atoms with van der Waals surface area (Å²) in [6.45, 7) is 0.278. The van der Waals surface area contributed by atoms with Crippen LogP contribution < -0.4 is 15.1 Å². The summed E-state index contributed by atoms with van der Waals surface area (Å²) in [6, 6.07) is 15.6. The highest BCUT2D eigenvalue weighted by Gasteiger charge is 2.16. The van der Waals surface area contributed by atoms with E-state index in [2.05, 4.69) is 15.3 Å². The molecular weight excluding hydrogens is 382 g/mol. The largest absolute Gasteiger partial charge is 0.465 e. The van der Waals surface area contributed by atoms with Gasteiger partial charge in [0.05, 0.1) is 5.56 Å². The molecule has 2 amide bonds. The van der Waals surface area contributed by atoms with Gasteiger partial charge < -0.3 is 15.3 Å². The third-order valence-corrected chi connectivity index (χ3v) is 4.44. The highest BCUT2D eigenvalue weighted by molar-refractivity contribution is 6.07. The molecule has 154 valence electrons. The standard InChI is InChI=1S/C22H23N5O3/c1-26(2)20-19(7-5-14-24-20)21(28)25-17-8-10-18(11-9-17)27(22(29)30)15-12-16-6-3-4-13-23-16/h3-11,13-14H,12,15H2,1-2H3,(H,25,28)(H,29,30). The van der Waals surface area contributed by atoms with Crippen LogP contribution in [0.1, 0.15) is 16.1 Å². The van der Waals surface area contributed by atoms with Gasteiger partial charge in [-0.1, -0.05) is 6.07 Å². The summed E-state index contributed by atoms with van der Waals surface area (Å²) >= 11 is 0. The number of aromatic nitrogens is 2. The van der Waals surface area contributed by atoms with Gasteiger partial charge in [-0.2, -0.15) is 0 Å². The second-order valence-electron chi connectivity index (χ2n) is 6.78. The molecule has 3 rings (SSSR count). The Kier molecular flexibility index (Phi) is 6.59. The molecule has 2 heterocycles. The first kappa shape index (κ1) is 20.8. The van der Waals surface area contributed by atoms with Crippen LogP contribution in [0.2, 0.25) is 0 Å². The molecule has 0 fully saturated rings. The zero-order valence-corrected chi connectivity index (χ0v) is 16.8. The molecule has 3 aromatic rings. The number of carboxylic acid groups (broad SMARTS) is 1. The third-order valence-electron chi connectivity index (χ3n) is 4.44. The quantitative estimate of drug-likeness (QED) is 0.624. The molecule has 0 saturated carbocycles. The second kappa shape index (κ2) is 9.51.